The first-order valence-electron chi connectivity index (χ1n) is 6.95. The SMILES string of the molecule is O=C(Nc1cccc(F)c1)C1CC(c2cccc(Cl)c2)NN1. The van der Waals surface area contributed by atoms with E-state index >= 15 is 0 Å². The molecule has 1 amide bonds. The van der Waals surface area contributed by atoms with Gasteiger partial charge in [-0.25, -0.2) is 15.2 Å². The van der Waals surface area contributed by atoms with E-state index in [4.69, 9.17) is 11.6 Å². The summed E-state index contributed by atoms with van der Waals surface area (Å²) in [6.45, 7) is 0. The Balaban J connectivity index is 1.63. The van der Waals surface area contributed by atoms with Crippen LogP contribution in [0.4, 0.5) is 10.1 Å². The number of carbonyl (C=O) groups is 1. The van der Waals surface area contributed by atoms with Crippen molar-refractivity contribution in [1.29, 1.82) is 0 Å². The average molecular weight is 320 g/mol. The van der Waals surface area contributed by atoms with Crippen LogP contribution in [0.5, 0.6) is 0 Å². The molecular formula is C16H15ClFN3O. The Bertz CT molecular complexity index is 695. The van der Waals surface area contributed by atoms with Gasteiger partial charge in [0.25, 0.3) is 0 Å². The largest absolute Gasteiger partial charge is 0.325 e. The zero-order valence-electron chi connectivity index (χ0n) is 11.6. The number of hydrogen-bond acceptors (Lipinski definition) is 3. The predicted octanol–water partition coefficient (Wildman–Crippen LogP) is 3.03. The molecule has 4 nitrogen and oxygen atoms in total. The van der Waals surface area contributed by atoms with Crippen LogP contribution in [0.2, 0.25) is 5.02 Å². The van der Waals surface area contributed by atoms with Gasteiger partial charge in [-0.1, -0.05) is 29.8 Å². The summed E-state index contributed by atoms with van der Waals surface area (Å²) in [5.74, 6) is -0.588. The van der Waals surface area contributed by atoms with Gasteiger partial charge in [0.1, 0.15) is 11.9 Å². The Kier molecular flexibility index (Phi) is 4.38. The minimum atomic E-state index is -0.396. The third-order valence-corrected chi connectivity index (χ3v) is 3.80. The maximum absolute atomic E-state index is 13.1. The molecule has 1 saturated heterocycles. The Morgan fingerprint density at radius 1 is 1.18 bits per heavy atom. The van der Waals surface area contributed by atoms with Crippen LogP contribution in [0.1, 0.15) is 18.0 Å². The summed E-state index contributed by atoms with van der Waals surface area (Å²) in [4.78, 5) is 12.2. The molecule has 0 bridgehead atoms. The van der Waals surface area contributed by atoms with Crippen molar-refractivity contribution in [1.82, 2.24) is 10.9 Å². The van der Waals surface area contributed by atoms with E-state index in [1.807, 2.05) is 24.3 Å². The quantitative estimate of drug-likeness (QED) is 0.815. The zero-order valence-corrected chi connectivity index (χ0v) is 12.4. The third-order valence-electron chi connectivity index (χ3n) is 3.56. The molecule has 2 atom stereocenters. The average Bonchev–Trinajstić information content (AvgIpc) is 2.97. The van der Waals surface area contributed by atoms with E-state index in [9.17, 15) is 9.18 Å². The Hall–Kier alpha value is -1.95. The van der Waals surface area contributed by atoms with Crippen LogP contribution in [-0.4, -0.2) is 11.9 Å². The maximum atomic E-state index is 13.1. The summed E-state index contributed by atoms with van der Waals surface area (Å²) in [6, 6.07) is 12.9. The molecule has 1 aliphatic heterocycles. The van der Waals surface area contributed by atoms with E-state index in [2.05, 4.69) is 16.2 Å². The molecule has 1 aliphatic rings. The van der Waals surface area contributed by atoms with Gasteiger partial charge in [0, 0.05) is 16.8 Å². The molecule has 0 radical (unpaired) electrons. The van der Waals surface area contributed by atoms with Crippen molar-refractivity contribution in [3.05, 3.63) is 64.9 Å². The van der Waals surface area contributed by atoms with E-state index in [0.717, 1.165) is 5.56 Å². The number of hydrazine groups is 1. The third kappa shape index (κ3) is 3.44. The number of carbonyl (C=O) groups excluding carboxylic acids is 1. The van der Waals surface area contributed by atoms with Gasteiger partial charge in [0.05, 0.1) is 0 Å². The van der Waals surface area contributed by atoms with Gasteiger partial charge in [-0.05, 0) is 42.3 Å². The summed E-state index contributed by atoms with van der Waals surface area (Å²) in [7, 11) is 0. The van der Waals surface area contributed by atoms with Gasteiger partial charge in [0.15, 0.2) is 0 Å². The molecule has 114 valence electrons. The Labute approximate surface area is 132 Å². The van der Waals surface area contributed by atoms with Gasteiger partial charge < -0.3 is 5.32 Å². The molecule has 1 fully saturated rings. The lowest BCUT2D eigenvalue weighted by molar-refractivity contribution is -0.117. The van der Waals surface area contributed by atoms with Crippen molar-refractivity contribution in [2.75, 3.05) is 5.32 Å². The fourth-order valence-electron chi connectivity index (χ4n) is 2.47. The maximum Gasteiger partial charge on any atom is 0.242 e. The molecule has 2 aromatic rings. The number of amides is 1. The van der Waals surface area contributed by atoms with E-state index in [1.165, 1.54) is 12.1 Å². The van der Waals surface area contributed by atoms with E-state index in [0.29, 0.717) is 17.1 Å². The predicted molar refractivity (Wildman–Crippen MR) is 83.9 cm³/mol. The first-order chi connectivity index (χ1) is 10.6. The summed E-state index contributed by atoms with van der Waals surface area (Å²) < 4.78 is 13.1. The Morgan fingerprint density at radius 3 is 2.77 bits per heavy atom. The number of hydrogen-bond donors (Lipinski definition) is 3. The van der Waals surface area contributed by atoms with E-state index < -0.39 is 6.04 Å². The van der Waals surface area contributed by atoms with Crippen LogP contribution < -0.4 is 16.2 Å². The van der Waals surface area contributed by atoms with Crippen LogP contribution in [0.15, 0.2) is 48.5 Å². The highest BCUT2D eigenvalue weighted by molar-refractivity contribution is 6.30. The fourth-order valence-corrected chi connectivity index (χ4v) is 2.66. The molecule has 0 aromatic heterocycles. The fraction of sp³-hybridized carbons (Fsp3) is 0.188. The second-order valence-corrected chi connectivity index (χ2v) is 5.62. The number of nitrogens with one attached hydrogen (secondary N) is 3. The summed E-state index contributed by atoms with van der Waals surface area (Å²) in [6.07, 6.45) is 0.585. The number of halogens is 2. The molecule has 2 unspecified atom stereocenters. The first kappa shape index (κ1) is 15.0. The molecule has 0 aliphatic carbocycles. The van der Waals surface area contributed by atoms with Gasteiger partial charge in [-0.15, -0.1) is 0 Å². The normalized spacial score (nSPS) is 20.8. The van der Waals surface area contributed by atoms with E-state index in [1.54, 1.807) is 12.1 Å². The lowest BCUT2D eigenvalue weighted by Crippen LogP contribution is -2.39. The topological polar surface area (TPSA) is 53.2 Å². The molecule has 6 heteroatoms. The van der Waals surface area contributed by atoms with Crippen molar-refractivity contribution >= 4 is 23.2 Å². The monoisotopic (exact) mass is 319 g/mol. The molecule has 22 heavy (non-hydrogen) atoms. The number of anilines is 1. The first-order valence-corrected chi connectivity index (χ1v) is 7.32. The van der Waals surface area contributed by atoms with Gasteiger partial charge in [-0.3, -0.25) is 4.79 Å². The van der Waals surface area contributed by atoms with Crippen LogP contribution >= 0.6 is 11.6 Å². The van der Waals surface area contributed by atoms with Crippen molar-refractivity contribution < 1.29 is 9.18 Å². The van der Waals surface area contributed by atoms with E-state index in [-0.39, 0.29) is 17.8 Å². The summed E-state index contributed by atoms with van der Waals surface area (Å²) >= 11 is 5.98. The molecule has 3 rings (SSSR count). The van der Waals surface area contributed by atoms with Crippen LogP contribution in [-0.2, 0) is 4.79 Å². The highest BCUT2D eigenvalue weighted by Gasteiger charge is 2.30. The van der Waals surface area contributed by atoms with Crippen molar-refractivity contribution in [3.8, 4) is 0 Å². The second kappa shape index (κ2) is 6.44. The minimum Gasteiger partial charge on any atom is -0.325 e. The molecule has 1 heterocycles. The summed E-state index contributed by atoms with van der Waals surface area (Å²) in [5, 5.41) is 3.36. The zero-order chi connectivity index (χ0) is 15.5. The molecule has 3 N–H and O–H groups in total. The number of benzene rings is 2. The highest BCUT2D eigenvalue weighted by Crippen LogP contribution is 2.25. The molecule has 0 spiro atoms. The lowest BCUT2D eigenvalue weighted by atomic mass is 10.0. The lowest BCUT2D eigenvalue weighted by Gasteiger charge is -2.11. The van der Waals surface area contributed by atoms with Crippen molar-refractivity contribution in [2.24, 2.45) is 0 Å². The van der Waals surface area contributed by atoms with Gasteiger partial charge >= 0.3 is 0 Å². The van der Waals surface area contributed by atoms with Crippen LogP contribution in [0.3, 0.4) is 0 Å². The smallest absolute Gasteiger partial charge is 0.242 e. The van der Waals surface area contributed by atoms with Crippen LogP contribution in [0.25, 0.3) is 0 Å². The van der Waals surface area contributed by atoms with Gasteiger partial charge in [0.2, 0.25) is 5.91 Å². The van der Waals surface area contributed by atoms with Crippen molar-refractivity contribution in [3.63, 3.8) is 0 Å². The van der Waals surface area contributed by atoms with Gasteiger partial charge in [-0.2, -0.15) is 0 Å². The minimum absolute atomic E-state index is 0.00181. The van der Waals surface area contributed by atoms with Crippen LogP contribution in [0, 0.1) is 5.82 Å². The standard InChI is InChI=1S/C16H15ClFN3O/c17-11-4-1-3-10(7-11)14-9-15(21-20-14)16(22)19-13-6-2-5-12(18)8-13/h1-8,14-15,20-21H,9H2,(H,19,22). The summed E-state index contributed by atoms with van der Waals surface area (Å²) in [5.41, 5.74) is 7.50. The number of rotatable bonds is 3. The molecular weight excluding hydrogens is 305 g/mol. The molecule has 2 aromatic carbocycles. The Morgan fingerprint density at radius 2 is 2.00 bits per heavy atom. The van der Waals surface area contributed by atoms with Crippen molar-refractivity contribution in [2.45, 2.75) is 18.5 Å². The molecule has 0 saturated carbocycles. The second-order valence-electron chi connectivity index (χ2n) is 5.18. The highest BCUT2D eigenvalue weighted by atomic mass is 35.5.